The van der Waals surface area contributed by atoms with E-state index in [1.807, 2.05) is 6.92 Å². The molecule has 1 saturated heterocycles. The van der Waals surface area contributed by atoms with Crippen LogP contribution >= 0.6 is 0 Å². The maximum atomic E-state index is 11.1. The molecule has 1 aliphatic rings. The molecule has 6 heteroatoms. The summed E-state index contributed by atoms with van der Waals surface area (Å²) in [7, 11) is 0. The molecule has 1 unspecified atom stereocenters. The highest BCUT2D eigenvalue weighted by molar-refractivity contribution is 5.75. The third-order valence-electron chi connectivity index (χ3n) is 4.91. The second-order valence-electron chi connectivity index (χ2n) is 7.25. The van der Waals surface area contributed by atoms with Gasteiger partial charge in [0.2, 0.25) is 5.91 Å². The van der Waals surface area contributed by atoms with E-state index in [0.29, 0.717) is 44.9 Å². The first kappa shape index (κ1) is 23.3. The Morgan fingerprint density at radius 1 is 1.12 bits per heavy atom. The van der Waals surface area contributed by atoms with Gasteiger partial charge >= 0.3 is 0 Å². The fourth-order valence-electron chi connectivity index (χ4n) is 3.22. The van der Waals surface area contributed by atoms with Gasteiger partial charge in [-0.05, 0) is 39.3 Å². The van der Waals surface area contributed by atoms with E-state index < -0.39 is 0 Å². The van der Waals surface area contributed by atoms with Gasteiger partial charge in [-0.1, -0.05) is 26.7 Å². The van der Waals surface area contributed by atoms with Crippen LogP contribution in [0.2, 0.25) is 0 Å². The molecule has 1 amide bonds. The molecule has 0 aromatic heterocycles. The Kier molecular flexibility index (Phi) is 13.8. The number of nitrogens with one attached hydrogen (secondary N) is 2. The van der Waals surface area contributed by atoms with E-state index in [1.165, 1.54) is 32.1 Å². The lowest BCUT2D eigenvalue weighted by Crippen LogP contribution is -2.46. The molecule has 1 heterocycles. The summed E-state index contributed by atoms with van der Waals surface area (Å²) >= 11 is 0. The molecule has 1 atom stereocenters. The molecule has 0 bridgehead atoms. The van der Waals surface area contributed by atoms with Crippen LogP contribution in [-0.2, 0) is 14.3 Å². The van der Waals surface area contributed by atoms with Crippen LogP contribution in [-0.4, -0.2) is 75.5 Å². The lowest BCUT2D eigenvalue weighted by atomic mass is 10.0. The van der Waals surface area contributed by atoms with Crippen molar-refractivity contribution >= 4 is 5.91 Å². The summed E-state index contributed by atoms with van der Waals surface area (Å²) < 4.78 is 11.1. The molecule has 0 spiro atoms. The summed E-state index contributed by atoms with van der Waals surface area (Å²) in [6.07, 6.45) is 6.89. The minimum Gasteiger partial charge on any atom is -0.378 e. The van der Waals surface area contributed by atoms with Crippen molar-refractivity contribution in [3.8, 4) is 0 Å². The number of unbranched alkanes of at least 4 members (excludes halogenated alkanes) is 1. The SMILES string of the molecule is CCCCC(C)NC1CCN(CCOCCOCCNC(=O)CC)CC1. The summed E-state index contributed by atoms with van der Waals surface area (Å²) in [6, 6.07) is 1.32. The van der Waals surface area contributed by atoms with Gasteiger partial charge in [0.1, 0.15) is 0 Å². The molecule has 0 saturated carbocycles. The van der Waals surface area contributed by atoms with Crippen molar-refractivity contribution in [1.82, 2.24) is 15.5 Å². The zero-order valence-corrected chi connectivity index (χ0v) is 17.2. The maximum absolute atomic E-state index is 11.1. The molecule has 1 aliphatic heterocycles. The normalized spacial score (nSPS) is 17.3. The van der Waals surface area contributed by atoms with Crippen LogP contribution < -0.4 is 10.6 Å². The van der Waals surface area contributed by atoms with Crippen molar-refractivity contribution in [3.63, 3.8) is 0 Å². The largest absolute Gasteiger partial charge is 0.378 e. The van der Waals surface area contributed by atoms with Crippen LogP contribution in [0.15, 0.2) is 0 Å². The minimum atomic E-state index is 0.0687. The van der Waals surface area contributed by atoms with Crippen LogP contribution in [0.1, 0.15) is 59.3 Å². The minimum absolute atomic E-state index is 0.0687. The maximum Gasteiger partial charge on any atom is 0.219 e. The van der Waals surface area contributed by atoms with Crippen molar-refractivity contribution in [1.29, 1.82) is 0 Å². The predicted molar refractivity (Wildman–Crippen MR) is 107 cm³/mol. The Morgan fingerprint density at radius 2 is 1.81 bits per heavy atom. The van der Waals surface area contributed by atoms with E-state index in [4.69, 9.17) is 9.47 Å². The van der Waals surface area contributed by atoms with E-state index in [1.54, 1.807) is 0 Å². The summed E-state index contributed by atoms with van der Waals surface area (Å²) in [5, 5.41) is 6.57. The van der Waals surface area contributed by atoms with Crippen molar-refractivity contribution in [2.45, 2.75) is 71.4 Å². The highest BCUT2D eigenvalue weighted by Crippen LogP contribution is 2.12. The van der Waals surface area contributed by atoms with Crippen molar-refractivity contribution < 1.29 is 14.3 Å². The fourth-order valence-corrected chi connectivity index (χ4v) is 3.22. The number of carbonyl (C=O) groups is 1. The highest BCUT2D eigenvalue weighted by atomic mass is 16.5. The standard InChI is InChI=1S/C20H41N3O3/c1-4-6-7-18(3)22-19-8-11-23(12-9-19)13-15-26-17-16-25-14-10-21-20(24)5-2/h18-19,22H,4-17H2,1-3H3,(H,21,24). The van der Waals surface area contributed by atoms with Gasteiger partial charge in [-0.15, -0.1) is 0 Å². The Bertz CT molecular complexity index is 347. The molecule has 0 aromatic rings. The molecule has 0 radical (unpaired) electrons. The van der Waals surface area contributed by atoms with Gasteiger partial charge in [0, 0.05) is 31.6 Å². The Hall–Kier alpha value is -0.690. The summed E-state index contributed by atoms with van der Waals surface area (Å²) in [5.74, 6) is 0.0687. The van der Waals surface area contributed by atoms with E-state index in [0.717, 1.165) is 26.2 Å². The molecule has 0 aliphatic carbocycles. The number of likely N-dealkylation sites (tertiary alicyclic amines) is 1. The van der Waals surface area contributed by atoms with E-state index in [-0.39, 0.29) is 5.91 Å². The number of nitrogens with zero attached hydrogens (tertiary/aromatic N) is 1. The number of piperidine rings is 1. The number of hydrogen-bond acceptors (Lipinski definition) is 5. The van der Waals surface area contributed by atoms with Gasteiger partial charge in [0.15, 0.2) is 0 Å². The van der Waals surface area contributed by atoms with Gasteiger partial charge in [-0.25, -0.2) is 0 Å². The first-order valence-electron chi connectivity index (χ1n) is 10.6. The Balaban J connectivity index is 1.90. The number of carbonyl (C=O) groups excluding carboxylic acids is 1. The molecule has 1 fully saturated rings. The third kappa shape index (κ3) is 11.8. The number of hydrogen-bond donors (Lipinski definition) is 2. The zero-order chi connectivity index (χ0) is 19.0. The second kappa shape index (κ2) is 15.4. The van der Waals surface area contributed by atoms with Crippen LogP contribution in [0.5, 0.6) is 0 Å². The van der Waals surface area contributed by atoms with Crippen molar-refractivity contribution in [2.24, 2.45) is 0 Å². The second-order valence-corrected chi connectivity index (χ2v) is 7.25. The molecule has 1 rings (SSSR count). The van der Waals surface area contributed by atoms with Crippen LogP contribution in [0.3, 0.4) is 0 Å². The zero-order valence-electron chi connectivity index (χ0n) is 17.2. The number of amides is 1. The van der Waals surface area contributed by atoms with Crippen LogP contribution in [0.25, 0.3) is 0 Å². The van der Waals surface area contributed by atoms with E-state index in [9.17, 15) is 4.79 Å². The average Bonchev–Trinajstić information content (AvgIpc) is 2.66. The lowest BCUT2D eigenvalue weighted by Gasteiger charge is -2.33. The number of ether oxygens (including phenoxy) is 2. The fraction of sp³-hybridized carbons (Fsp3) is 0.950. The molecular weight excluding hydrogens is 330 g/mol. The Morgan fingerprint density at radius 3 is 2.46 bits per heavy atom. The third-order valence-corrected chi connectivity index (χ3v) is 4.91. The van der Waals surface area contributed by atoms with Crippen LogP contribution in [0.4, 0.5) is 0 Å². The van der Waals surface area contributed by atoms with Gasteiger partial charge in [-0.3, -0.25) is 4.79 Å². The molecule has 0 aromatic carbocycles. The lowest BCUT2D eigenvalue weighted by molar-refractivity contribution is -0.121. The quantitative estimate of drug-likeness (QED) is 0.432. The summed E-state index contributed by atoms with van der Waals surface area (Å²) in [5.41, 5.74) is 0. The van der Waals surface area contributed by atoms with E-state index in [2.05, 4.69) is 29.4 Å². The van der Waals surface area contributed by atoms with E-state index >= 15 is 0 Å². The Labute approximate surface area is 160 Å². The monoisotopic (exact) mass is 371 g/mol. The number of rotatable bonds is 15. The first-order chi connectivity index (χ1) is 12.7. The molecule has 2 N–H and O–H groups in total. The first-order valence-corrected chi connectivity index (χ1v) is 10.6. The van der Waals surface area contributed by atoms with Gasteiger partial charge < -0.3 is 25.0 Å². The molecular formula is C20H41N3O3. The molecule has 26 heavy (non-hydrogen) atoms. The smallest absolute Gasteiger partial charge is 0.219 e. The van der Waals surface area contributed by atoms with Crippen molar-refractivity contribution in [3.05, 3.63) is 0 Å². The van der Waals surface area contributed by atoms with Crippen molar-refractivity contribution in [2.75, 3.05) is 52.6 Å². The average molecular weight is 372 g/mol. The predicted octanol–water partition coefficient (Wildman–Crippen LogP) is 2.18. The topological polar surface area (TPSA) is 62.8 Å². The van der Waals surface area contributed by atoms with Gasteiger partial charge in [0.25, 0.3) is 0 Å². The molecule has 6 nitrogen and oxygen atoms in total. The van der Waals surface area contributed by atoms with Crippen LogP contribution in [0, 0.1) is 0 Å². The van der Waals surface area contributed by atoms with Gasteiger partial charge in [-0.2, -0.15) is 0 Å². The summed E-state index contributed by atoms with van der Waals surface area (Å²) in [4.78, 5) is 13.5. The summed E-state index contributed by atoms with van der Waals surface area (Å²) in [6.45, 7) is 12.8. The molecule has 154 valence electrons. The van der Waals surface area contributed by atoms with Gasteiger partial charge in [0.05, 0.1) is 26.4 Å². The highest BCUT2D eigenvalue weighted by Gasteiger charge is 2.19.